The summed E-state index contributed by atoms with van der Waals surface area (Å²) in [6.45, 7) is 12.2. The lowest BCUT2D eigenvalue weighted by Gasteiger charge is -2.40. The van der Waals surface area contributed by atoms with Gasteiger partial charge in [0, 0.05) is 57.5 Å². The fourth-order valence-electron chi connectivity index (χ4n) is 4.61. The molecule has 2 aromatic heterocycles. The van der Waals surface area contributed by atoms with Crippen molar-refractivity contribution in [2.24, 2.45) is 5.14 Å². The van der Waals surface area contributed by atoms with E-state index in [4.69, 9.17) is 21.7 Å². The lowest BCUT2D eigenvalue weighted by Crippen LogP contribution is -2.56. The quantitative estimate of drug-likeness (QED) is 0.542. The Balaban J connectivity index is 1.62. The molecule has 0 aromatic carbocycles. The van der Waals surface area contributed by atoms with Gasteiger partial charge in [-0.3, -0.25) is 9.78 Å². The number of carbonyl (C=O) groups excluding carboxylic acids is 1. The van der Waals surface area contributed by atoms with Crippen LogP contribution in [0.25, 0.3) is 4.85 Å². The molecule has 0 spiro atoms. The maximum absolute atomic E-state index is 12.0. The van der Waals surface area contributed by atoms with Gasteiger partial charge in [-0.05, 0) is 31.0 Å². The van der Waals surface area contributed by atoms with Crippen LogP contribution in [0.1, 0.15) is 29.6 Å². The highest BCUT2D eigenvalue weighted by molar-refractivity contribution is 7.89. The molecule has 2 aromatic rings. The number of pyridine rings is 1. The maximum atomic E-state index is 12.0. The summed E-state index contributed by atoms with van der Waals surface area (Å²) < 4.78 is 23.9. The first-order chi connectivity index (χ1) is 16.3. The standard InChI is InChI=1S/C22H28N8O3S/c1-15(31)30-10-9-29(14-17(30)12-24-2)22-18-5-7-26-13-19(18)27-21(28-22)4-3-16-11-25-8-6-20(16)34(23,32)33/h6,8,11,17,26H,3-5,7,9-10,12-14H2,1H3,(H2,23,32,33)/t17-/m0/s1. The van der Waals surface area contributed by atoms with Gasteiger partial charge in [-0.15, -0.1) is 0 Å². The Kier molecular flexibility index (Phi) is 7.06. The molecule has 0 unspecified atom stereocenters. The first kappa shape index (κ1) is 24.0. The average Bonchev–Trinajstić information content (AvgIpc) is 2.82. The highest BCUT2D eigenvalue weighted by Crippen LogP contribution is 2.27. The molecule has 0 bridgehead atoms. The fraction of sp³-hybridized carbons (Fsp3) is 0.500. The summed E-state index contributed by atoms with van der Waals surface area (Å²) in [5.41, 5.74) is 2.55. The van der Waals surface area contributed by atoms with Crippen molar-refractivity contribution in [3.63, 3.8) is 0 Å². The minimum absolute atomic E-state index is 0.0231. The van der Waals surface area contributed by atoms with Gasteiger partial charge in [0.15, 0.2) is 0 Å². The van der Waals surface area contributed by atoms with Gasteiger partial charge in [0.1, 0.15) is 17.7 Å². The second-order valence-electron chi connectivity index (χ2n) is 8.50. The molecule has 4 rings (SSSR count). The van der Waals surface area contributed by atoms with Crippen LogP contribution < -0.4 is 15.4 Å². The normalized spacial score (nSPS) is 18.3. The Labute approximate surface area is 199 Å². The number of hydrogen-bond acceptors (Lipinski definition) is 8. The predicted octanol–water partition coefficient (Wildman–Crippen LogP) is -0.0937. The van der Waals surface area contributed by atoms with E-state index in [1.807, 2.05) is 0 Å². The SMILES string of the molecule is [C-]#[N+]C[C@H]1CN(c2nc(CCc3cnccc3S(N)(=O)=O)nc3c2CCNC3)CCN1C(C)=O. The van der Waals surface area contributed by atoms with Crippen LogP contribution in [0.15, 0.2) is 23.4 Å². The van der Waals surface area contributed by atoms with E-state index in [0.717, 1.165) is 30.0 Å². The molecular weight excluding hydrogens is 456 g/mol. The van der Waals surface area contributed by atoms with Crippen LogP contribution in [0.4, 0.5) is 5.82 Å². The first-order valence-electron chi connectivity index (χ1n) is 11.2. The molecular formula is C22H28N8O3S. The smallest absolute Gasteiger partial charge is 0.238 e. The summed E-state index contributed by atoms with van der Waals surface area (Å²) >= 11 is 0. The summed E-state index contributed by atoms with van der Waals surface area (Å²) in [7, 11) is -3.86. The second kappa shape index (κ2) is 10.0. The van der Waals surface area contributed by atoms with Crippen molar-refractivity contribution in [1.29, 1.82) is 0 Å². The van der Waals surface area contributed by atoms with Crippen molar-refractivity contribution in [2.75, 3.05) is 37.6 Å². The molecule has 1 amide bonds. The zero-order chi connectivity index (χ0) is 24.3. The molecule has 34 heavy (non-hydrogen) atoms. The summed E-state index contributed by atoms with van der Waals surface area (Å²) in [5, 5.41) is 8.70. The van der Waals surface area contributed by atoms with Gasteiger partial charge in [0.25, 0.3) is 0 Å². The third kappa shape index (κ3) is 5.16. The third-order valence-corrected chi connectivity index (χ3v) is 7.24. The first-order valence-corrected chi connectivity index (χ1v) is 12.7. The number of rotatable bonds is 6. The largest absolute Gasteiger partial charge is 0.352 e. The van der Waals surface area contributed by atoms with E-state index in [0.29, 0.717) is 50.4 Å². The molecule has 180 valence electrons. The number of nitrogens with zero attached hydrogens (tertiary/aromatic N) is 6. The molecule has 0 saturated carbocycles. The van der Waals surface area contributed by atoms with Crippen molar-refractivity contribution >= 4 is 21.7 Å². The zero-order valence-electron chi connectivity index (χ0n) is 19.1. The number of anilines is 1. The number of sulfonamides is 1. The van der Waals surface area contributed by atoms with Crippen LogP contribution in [0.3, 0.4) is 0 Å². The van der Waals surface area contributed by atoms with Crippen LogP contribution >= 0.6 is 0 Å². The molecule has 1 saturated heterocycles. The minimum atomic E-state index is -3.86. The highest BCUT2D eigenvalue weighted by atomic mass is 32.2. The van der Waals surface area contributed by atoms with Crippen molar-refractivity contribution in [3.05, 3.63) is 52.5 Å². The lowest BCUT2D eigenvalue weighted by molar-refractivity contribution is -0.131. The second-order valence-corrected chi connectivity index (χ2v) is 10.0. The topological polar surface area (TPSA) is 139 Å². The van der Waals surface area contributed by atoms with E-state index in [-0.39, 0.29) is 23.4 Å². The van der Waals surface area contributed by atoms with Crippen LogP contribution in [0, 0.1) is 6.57 Å². The number of aromatic nitrogens is 3. The molecule has 1 fully saturated rings. The molecule has 4 heterocycles. The van der Waals surface area contributed by atoms with E-state index >= 15 is 0 Å². The third-order valence-electron chi connectivity index (χ3n) is 6.23. The predicted molar refractivity (Wildman–Crippen MR) is 125 cm³/mol. The Morgan fingerprint density at radius 1 is 1.32 bits per heavy atom. The average molecular weight is 485 g/mol. The number of piperazine rings is 1. The van der Waals surface area contributed by atoms with Gasteiger partial charge < -0.3 is 20.0 Å². The monoisotopic (exact) mass is 484 g/mol. The molecule has 0 aliphatic carbocycles. The van der Waals surface area contributed by atoms with Crippen LogP contribution in [-0.2, 0) is 40.6 Å². The van der Waals surface area contributed by atoms with Gasteiger partial charge in [-0.1, -0.05) is 0 Å². The number of carbonyl (C=O) groups is 1. The molecule has 1 atom stereocenters. The molecule has 12 heteroatoms. The Hall–Kier alpha value is -3.14. The van der Waals surface area contributed by atoms with Crippen LogP contribution in [0.2, 0.25) is 0 Å². The van der Waals surface area contributed by atoms with Gasteiger partial charge >= 0.3 is 0 Å². The molecule has 0 radical (unpaired) electrons. The van der Waals surface area contributed by atoms with Crippen molar-refractivity contribution in [2.45, 2.75) is 43.7 Å². The van der Waals surface area contributed by atoms with Gasteiger partial charge in [0.05, 0.1) is 10.6 Å². The highest BCUT2D eigenvalue weighted by Gasteiger charge is 2.33. The van der Waals surface area contributed by atoms with Crippen molar-refractivity contribution in [1.82, 2.24) is 25.2 Å². The Bertz CT molecular complexity index is 1230. The molecule has 3 N–H and O–H groups in total. The van der Waals surface area contributed by atoms with E-state index in [2.05, 4.69) is 20.0 Å². The van der Waals surface area contributed by atoms with Crippen LogP contribution in [-0.4, -0.2) is 72.9 Å². The molecule has 2 aliphatic heterocycles. The lowest BCUT2D eigenvalue weighted by atomic mass is 10.0. The number of nitrogens with one attached hydrogen (secondary N) is 1. The summed E-state index contributed by atoms with van der Waals surface area (Å²) in [6.07, 6.45) is 4.51. The number of amides is 1. The number of fused-ring (bicyclic) bond motifs is 1. The number of hydrogen-bond donors (Lipinski definition) is 2. The zero-order valence-corrected chi connectivity index (χ0v) is 19.9. The van der Waals surface area contributed by atoms with Gasteiger partial charge in [0.2, 0.25) is 22.5 Å². The number of nitrogens with two attached hydrogens (primary N) is 1. The molecule has 2 aliphatic rings. The van der Waals surface area contributed by atoms with E-state index in [1.165, 1.54) is 25.4 Å². The van der Waals surface area contributed by atoms with Gasteiger partial charge in [-0.2, -0.15) is 0 Å². The van der Waals surface area contributed by atoms with E-state index in [1.54, 1.807) is 4.90 Å². The van der Waals surface area contributed by atoms with E-state index in [9.17, 15) is 13.2 Å². The van der Waals surface area contributed by atoms with Crippen molar-refractivity contribution < 1.29 is 13.2 Å². The molecule has 11 nitrogen and oxygen atoms in total. The van der Waals surface area contributed by atoms with Gasteiger partial charge in [-0.25, -0.2) is 30.1 Å². The van der Waals surface area contributed by atoms with Crippen LogP contribution in [0.5, 0.6) is 0 Å². The summed E-state index contributed by atoms with van der Waals surface area (Å²) in [5.74, 6) is 1.43. The maximum Gasteiger partial charge on any atom is 0.238 e. The number of primary sulfonamides is 1. The summed E-state index contributed by atoms with van der Waals surface area (Å²) in [4.78, 5) is 33.3. The Morgan fingerprint density at radius 3 is 2.88 bits per heavy atom. The van der Waals surface area contributed by atoms with Crippen molar-refractivity contribution in [3.8, 4) is 0 Å². The summed E-state index contributed by atoms with van der Waals surface area (Å²) in [6, 6.07) is 1.21. The minimum Gasteiger partial charge on any atom is -0.352 e. The fourth-order valence-corrected chi connectivity index (χ4v) is 5.38. The van der Waals surface area contributed by atoms with E-state index < -0.39 is 10.0 Å². The Morgan fingerprint density at radius 2 is 2.15 bits per heavy atom. The number of aryl methyl sites for hydroxylation is 2.